The summed E-state index contributed by atoms with van der Waals surface area (Å²) < 4.78 is 5.26. The van der Waals surface area contributed by atoms with Crippen molar-refractivity contribution in [2.24, 2.45) is 0 Å². The molecule has 0 radical (unpaired) electrons. The molecule has 118 valence electrons. The summed E-state index contributed by atoms with van der Waals surface area (Å²) in [5.74, 6) is -0.148. The lowest BCUT2D eigenvalue weighted by Gasteiger charge is -2.29. The monoisotopic (exact) mass is 307 g/mol. The molecule has 0 spiro atoms. The third kappa shape index (κ3) is 3.45. The Hall–Kier alpha value is -2.55. The van der Waals surface area contributed by atoms with E-state index < -0.39 is 0 Å². The lowest BCUT2D eigenvalue weighted by atomic mass is 10.1. The van der Waals surface area contributed by atoms with Crippen LogP contribution in [-0.4, -0.2) is 23.5 Å². The molecule has 3 rings (SSSR count). The molecular formula is C20H21NO2. The minimum absolute atomic E-state index is 0.148. The van der Waals surface area contributed by atoms with Crippen LogP contribution in [0.2, 0.25) is 0 Å². The number of benzene rings is 2. The Labute approximate surface area is 137 Å². The second-order valence-electron chi connectivity index (χ2n) is 5.57. The van der Waals surface area contributed by atoms with Gasteiger partial charge in [-0.05, 0) is 24.5 Å². The van der Waals surface area contributed by atoms with E-state index in [-0.39, 0.29) is 12.0 Å². The van der Waals surface area contributed by atoms with Gasteiger partial charge < -0.3 is 9.64 Å². The Bertz CT molecular complexity index is 679. The van der Waals surface area contributed by atoms with Crippen LogP contribution >= 0.6 is 0 Å². The quantitative estimate of drug-likeness (QED) is 0.786. The molecule has 0 fully saturated rings. The summed E-state index contributed by atoms with van der Waals surface area (Å²) in [4.78, 5) is 14.5. The molecule has 1 aliphatic rings. The van der Waals surface area contributed by atoms with Gasteiger partial charge in [0.1, 0.15) is 6.04 Å². The van der Waals surface area contributed by atoms with Crippen molar-refractivity contribution in [3.05, 3.63) is 77.9 Å². The largest absolute Gasteiger partial charge is 0.464 e. The van der Waals surface area contributed by atoms with Gasteiger partial charge in [0, 0.05) is 12.2 Å². The van der Waals surface area contributed by atoms with Crippen LogP contribution in [0.3, 0.4) is 0 Å². The number of hydrogen-bond donors (Lipinski definition) is 0. The number of carbonyl (C=O) groups excluding carboxylic acids is 1. The number of nitrogens with zero attached hydrogens (tertiary/aromatic N) is 1. The molecule has 1 atom stereocenters. The van der Waals surface area contributed by atoms with Gasteiger partial charge in [-0.1, -0.05) is 66.7 Å². The zero-order valence-electron chi connectivity index (χ0n) is 13.3. The topological polar surface area (TPSA) is 29.5 Å². The van der Waals surface area contributed by atoms with Crippen LogP contribution in [0.1, 0.15) is 24.5 Å². The standard InChI is InChI=1S/C20H21NO2/c1-2-23-20(22)19-14-13-18(17-11-7-4-8-12-17)21(19)15-16-9-5-3-6-10-16/h3-13,19H,2,14-15H2,1H3. The molecule has 0 amide bonds. The minimum Gasteiger partial charge on any atom is -0.464 e. The fraction of sp³-hybridized carbons (Fsp3) is 0.250. The maximum Gasteiger partial charge on any atom is 0.329 e. The average Bonchev–Trinajstić information content (AvgIpc) is 3.00. The van der Waals surface area contributed by atoms with E-state index in [9.17, 15) is 4.79 Å². The minimum atomic E-state index is -0.245. The normalized spacial score (nSPS) is 17.0. The molecule has 2 aromatic carbocycles. The fourth-order valence-corrected chi connectivity index (χ4v) is 2.97. The second-order valence-corrected chi connectivity index (χ2v) is 5.57. The lowest BCUT2D eigenvalue weighted by Crippen LogP contribution is -2.37. The van der Waals surface area contributed by atoms with Gasteiger partial charge in [-0.2, -0.15) is 0 Å². The molecule has 3 heteroatoms. The second kappa shape index (κ2) is 7.14. The van der Waals surface area contributed by atoms with Gasteiger partial charge in [-0.25, -0.2) is 4.79 Å². The third-order valence-corrected chi connectivity index (χ3v) is 4.04. The first-order valence-corrected chi connectivity index (χ1v) is 8.02. The highest BCUT2D eigenvalue weighted by Gasteiger charge is 2.33. The SMILES string of the molecule is CCOC(=O)C1CC=C(c2ccccc2)N1Cc1ccccc1. The molecule has 23 heavy (non-hydrogen) atoms. The Balaban J connectivity index is 1.88. The molecule has 0 aromatic heterocycles. The molecule has 3 nitrogen and oxygen atoms in total. The van der Waals surface area contributed by atoms with Crippen LogP contribution in [0.25, 0.3) is 5.70 Å². The van der Waals surface area contributed by atoms with E-state index in [1.54, 1.807) is 0 Å². The van der Waals surface area contributed by atoms with Crippen LogP contribution in [-0.2, 0) is 16.1 Å². The van der Waals surface area contributed by atoms with Crippen molar-refractivity contribution in [1.29, 1.82) is 0 Å². The van der Waals surface area contributed by atoms with Crippen molar-refractivity contribution < 1.29 is 9.53 Å². The number of esters is 1. The van der Waals surface area contributed by atoms with Crippen LogP contribution in [0.15, 0.2) is 66.7 Å². The summed E-state index contributed by atoms with van der Waals surface area (Å²) in [6.45, 7) is 2.96. The molecule has 0 N–H and O–H groups in total. The molecule has 1 aliphatic heterocycles. The Morgan fingerprint density at radius 3 is 2.39 bits per heavy atom. The molecule has 0 bridgehead atoms. The van der Waals surface area contributed by atoms with Gasteiger partial charge in [0.15, 0.2) is 0 Å². The maximum atomic E-state index is 12.3. The van der Waals surface area contributed by atoms with Crippen LogP contribution in [0.4, 0.5) is 0 Å². The third-order valence-electron chi connectivity index (χ3n) is 4.04. The molecule has 2 aromatic rings. The average molecular weight is 307 g/mol. The first-order valence-electron chi connectivity index (χ1n) is 8.02. The van der Waals surface area contributed by atoms with Crippen molar-refractivity contribution in [3.8, 4) is 0 Å². The van der Waals surface area contributed by atoms with Crippen molar-refractivity contribution in [2.45, 2.75) is 25.9 Å². The van der Waals surface area contributed by atoms with E-state index in [0.29, 0.717) is 19.6 Å². The molecule has 1 heterocycles. The lowest BCUT2D eigenvalue weighted by molar-refractivity contribution is -0.147. The predicted molar refractivity (Wildman–Crippen MR) is 91.4 cm³/mol. The molecule has 1 unspecified atom stereocenters. The maximum absolute atomic E-state index is 12.3. The summed E-state index contributed by atoms with van der Waals surface area (Å²) >= 11 is 0. The Kier molecular flexibility index (Phi) is 4.77. The van der Waals surface area contributed by atoms with Gasteiger partial charge in [0.2, 0.25) is 0 Å². The van der Waals surface area contributed by atoms with E-state index in [2.05, 4.69) is 35.2 Å². The molecule has 0 saturated heterocycles. The van der Waals surface area contributed by atoms with Gasteiger partial charge in [-0.15, -0.1) is 0 Å². The Morgan fingerprint density at radius 2 is 1.74 bits per heavy atom. The highest BCUT2D eigenvalue weighted by atomic mass is 16.5. The summed E-state index contributed by atoms with van der Waals surface area (Å²) in [5.41, 5.74) is 3.42. The summed E-state index contributed by atoms with van der Waals surface area (Å²) in [6.07, 6.45) is 2.83. The van der Waals surface area contributed by atoms with E-state index in [4.69, 9.17) is 4.74 Å². The molecular weight excluding hydrogens is 286 g/mol. The van der Waals surface area contributed by atoms with Crippen LogP contribution in [0.5, 0.6) is 0 Å². The number of rotatable bonds is 5. The van der Waals surface area contributed by atoms with Crippen molar-refractivity contribution in [1.82, 2.24) is 4.90 Å². The summed E-state index contributed by atoms with van der Waals surface area (Å²) in [5, 5.41) is 0. The van der Waals surface area contributed by atoms with Gasteiger partial charge in [0.05, 0.1) is 6.61 Å². The van der Waals surface area contributed by atoms with E-state index >= 15 is 0 Å². The first-order chi connectivity index (χ1) is 11.3. The van der Waals surface area contributed by atoms with Gasteiger partial charge >= 0.3 is 5.97 Å². The summed E-state index contributed by atoms with van der Waals surface area (Å²) in [6, 6.07) is 20.2. The van der Waals surface area contributed by atoms with Crippen molar-refractivity contribution >= 4 is 11.7 Å². The van der Waals surface area contributed by atoms with Crippen LogP contribution < -0.4 is 0 Å². The van der Waals surface area contributed by atoms with E-state index in [1.807, 2.05) is 43.3 Å². The number of ether oxygens (including phenoxy) is 1. The molecule has 0 saturated carbocycles. The van der Waals surface area contributed by atoms with Gasteiger partial charge in [0.25, 0.3) is 0 Å². The van der Waals surface area contributed by atoms with E-state index in [0.717, 1.165) is 11.3 Å². The van der Waals surface area contributed by atoms with Crippen LogP contribution in [0, 0.1) is 0 Å². The van der Waals surface area contributed by atoms with Crippen molar-refractivity contribution in [2.75, 3.05) is 6.61 Å². The molecule has 0 aliphatic carbocycles. The number of hydrogen-bond acceptors (Lipinski definition) is 3. The highest BCUT2D eigenvalue weighted by molar-refractivity contribution is 5.81. The zero-order chi connectivity index (χ0) is 16.1. The summed E-state index contributed by atoms with van der Waals surface area (Å²) in [7, 11) is 0. The van der Waals surface area contributed by atoms with Gasteiger partial charge in [-0.3, -0.25) is 0 Å². The van der Waals surface area contributed by atoms with Crippen molar-refractivity contribution in [3.63, 3.8) is 0 Å². The predicted octanol–water partition coefficient (Wildman–Crippen LogP) is 3.87. The Morgan fingerprint density at radius 1 is 1.09 bits per heavy atom. The number of carbonyl (C=O) groups is 1. The smallest absolute Gasteiger partial charge is 0.329 e. The first kappa shape index (κ1) is 15.3. The highest BCUT2D eigenvalue weighted by Crippen LogP contribution is 2.32. The van der Waals surface area contributed by atoms with E-state index in [1.165, 1.54) is 5.56 Å². The zero-order valence-corrected chi connectivity index (χ0v) is 13.3. The fourth-order valence-electron chi connectivity index (χ4n) is 2.97.